The lowest BCUT2D eigenvalue weighted by atomic mass is 9.97. The normalized spacial score (nSPS) is 16.5. The zero-order valence-electron chi connectivity index (χ0n) is 19.2. The van der Waals surface area contributed by atoms with Gasteiger partial charge in [-0.05, 0) is 43.0 Å². The smallest absolute Gasteiger partial charge is 0.351 e. The lowest BCUT2D eigenvalue weighted by molar-refractivity contribution is 0.0644. The number of ether oxygens (including phenoxy) is 3. The first kappa shape index (κ1) is 21.6. The van der Waals surface area contributed by atoms with Crippen LogP contribution in [0.2, 0.25) is 0 Å². The highest BCUT2D eigenvalue weighted by molar-refractivity contribution is 5.73. The molecule has 8 heteroatoms. The first-order valence-electron chi connectivity index (χ1n) is 11.8. The maximum atomic E-state index is 13.0. The van der Waals surface area contributed by atoms with E-state index in [2.05, 4.69) is 11.1 Å². The van der Waals surface area contributed by atoms with E-state index in [1.54, 1.807) is 17.1 Å². The number of pyridine rings is 1. The van der Waals surface area contributed by atoms with Gasteiger partial charge in [0.15, 0.2) is 0 Å². The van der Waals surface area contributed by atoms with Crippen molar-refractivity contribution in [2.24, 2.45) is 0 Å². The monoisotopic (exact) mass is 471 g/mol. The highest BCUT2D eigenvalue weighted by Crippen LogP contribution is 2.40. The molecule has 8 nitrogen and oxygen atoms in total. The molecule has 3 aromatic heterocycles. The number of rotatable bonds is 7. The molecule has 2 aliphatic heterocycles. The maximum absolute atomic E-state index is 13.0. The van der Waals surface area contributed by atoms with Crippen molar-refractivity contribution in [3.05, 3.63) is 82.8 Å². The van der Waals surface area contributed by atoms with E-state index in [1.165, 1.54) is 0 Å². The van der Waals surface area contributed by atoms with Gasteiger partial charge >= 0.3 is 5.69 Å². The van der Waals surface area contributed by atoms with Gasteiger partial charge in [0.25, 0.3) is 5.88 Å². The van der Waals surface area contributed by atoms with Crippen LogP contribution in [0.1, 0.15) is 24.1 Å². The fraction of sp³-hybridized carbons (Fsp3) is 0.296. The van der Waals surface area contributed by atoms with Crippen LogP contribution in [0.15, 0.2) is 70.3 Å². The summed E-state index contributed by atoms with van der Waals surface area (Å²) >= 11 is 0. The van der Waals surface area contributed by atoms with Gasteiger partial charge in [0, 0.05) is 24.3 Å². The predicted molar refractivity (Wildman–Crippen MR) is 128 cm³/mol. The van der Waals surface area contributed by atoms with Crippen LogP contribution < -0.4 is 15.2 Å². The minimum atomic E-state index is -0.343. The fourth-order valence-corrected chi connectivity index (χ4v) is 4.65. The second-order valence-corrected chi connectivity index (χ2v) is 8.70. The van der Waals surface area contributed by atoms with E-state index in [9.17, 15) is 4.79 Å². The summed E-state index contributed by atoms with van der Waals surface area (Å²) < 4.78 is 25.0. The SMILES string of the molecule is O=c1nc(OCC2CCCO2)c(OCc2cccc(-c3ccoc3)n2)c2n1CCc1ccccc1-2. The van der Waals surface area contributed by atoms with Gasteiger partial charge in [0.05, 0.1) is 30.0 Å². The first-order chi connectivity index (χ1) is 17.3. The van der Waals surface area contributed by atoms with Gasteiger partial charge in [-0.2, -0.15) is 4.98 Å². The number of hydrogen-bond acceptors (Lipinski definition) is 7. The molecule has 35 heavy (non-hydrogen) atoms. The van der Waals surface area contributed by atoms with Crippen LogP contribution in [-0.2, 0) is 24.3 Å². The van der Waals surface area contributed by atoms with E-state index in [0.717, 1.165) is 53.9 Å². The number of fused-ring (bicyclic) bond motifs is 3. The van der Waals surface area contributed by atoms with Gasteiger partial charge in [-0.15, -0.1) is 0 Å². The number of aryl methyl sites for hydroxylation is 1. The Kier molecular flexibility index (Phi) is 5.79. The van der Waals surface area contributed by atoms with Crippen LogP contribution in [0.5, 0.6) is 11.6 Å². The van der Waals surface area contributed by atoms with Gasteiger partial charge in [0.1, 0.15) is 18.9 Å². The van der Waals surface area contributed by atoms with Crippen molar-refractivity contribution in [1.82, 2.24) is 14.5 Å². The van der Waals surface area contributed by atoms with Gasteiger partial charge in [-0.3, -0.25) is 4.57 Å². The Balaban J connectivity index is 1.37. The Morgan fingerprint density at radius 2 is 2.00 bits per heavy atom. The molecule has 1 unspecified atom stereocenters. The number of aromatic nitrogens is 3. The van der Waals surface area contributed by atoms with Gasteiger partial charge in [0.2, 0.25) is 5.75 Å². The molecule has 0 aliphatic carbocycles. The van der Waals surface area contributed by atoms with E-state index >= 15 is 0 Å². The first-order valence-corrected chi connectivity index (χ1v) is 11.8. The molecule has 1 fully saturated rings. The topological polar surface area (TPSA) is 88.6 Å². The molecule has 0 amide bonds. The van der Waals surface area contributed by atoms with E-state index in [1.807, 2.05) is 42.5 Å². The second kappa shape index (κ2) is 9.38. The Bertz CT molecular complexity index is 1390. The Hall–Kier alpha value is -3.91. The van der Waals surface area contributed by atoms with E-state index in [-0.39, 0.29) is 24.3 Å². The standard InChI is InChI=1S/C27H25N3O5/c31-27-29-26(35-17-21-7-4-13-33-21)25(24-22-8-2-1-5-18(22)10-12-30(24)27)34-16-20-6-3-9-23(28-20)19-11-14-32-15-19/h1-3,5-6,8-9,11,14-15,21H,4,7,10,12-13,16-17H2. The number of benzene rings is 1. The third-order valence-electron chi connectivity index (χ3n) is 6.40. The molecule has 1 saturated heterocycles. The predicted octanol–water partition coefficient (Wildman–Crippen LogP) is 4.26. The summed E-state index contributed by atoms with van der Waals surface area (Å²) in [4.78, 5) is 21.9. The highest BCUT2D eigenvalue weighted by atomic mass is 16.6. The van der Waals surface area contributed by atoms with E-state index in [4.69, 9.17) is 23.6 Å². The third-order valence-corrected chi connectivity index (χ3v) is 6.40. The molecule has 0 bridgehead atoms. The molecule has 0 radical (unpaired) electrons. The number of nitrogens with zero attached hydrogens (tertiary/aromatic N) is 3. The quantitative estimate of drug-likeness (QED) is 0.398. The summed E-state index contributed by atoms with van der Waals surface area (Å²) in [6.07, 6.45) is 5.95. The van der Waals surface area contributed by atoms with Crippen molar-refractivity contribution >= 4 is 0 Å². The summed E-state index contributed by atoms with van der Waals surface area (Å²) in [5, 5.41) is 0. The summed E-state index contributed by atoms with van der Waals surface area (Å²) in [7, 11) is 0. The van der Waals surface area contributed by atoms with Crippen molar-refractivity contribution in [3.63, 3.8) is 0 Å². The van der Waals surface area contributed by atoms with Crippen LogP contribution in [0.3, 0.4) is 0 Å². The zero-order chi connectivity index (χ0) is 23.6. The molecule has 1 aromatic carbocycles. The maximum Gasteiger partial charge on any atom is 0.351 e. The van der Waals surface area contributed by atoms with Crippen LogP contribution in [0, 0.1) is 0 Å². The van der Waals surface area contributed by atoms with Crippen molar-refractivity contribution < 1.29 is 18.6 Å². The van der Waals surface area contributed by atoms with Crippen molar-refractivity contribution in [1.29, 1.82) is 0 Å². The van der Waals surface area contributed by atoms with Crippen LogP contribution in [0.4, 0.5) is 0 Å². The molecular weight excluding hydrogens is 446 g/mol. The number of furan rings is 1. The van der Waals surface area contributed by atoms with Crippen molar-refractivity contribution in [3.8, 4) is 34.1 Å². The fourth-order valence-electron chi connectivity index (χ4n) is 4.65. The molecule has 6 rings (SSSR count). The zero-order valence-corrected chi connectivity index (χ0v) is 19.2. The molecule has 0 spiro atoms. The minimum absolute atomic E-state index is 0.0102. The molecule has 0 saturated carbocycles. The minimum Gasteiger partial charge on any atom is -0.480 e. The Morgan fingerprint density at radius 1 is 1.06 bits per heavy atom. The largest absolute Gasteiger partial charge is 0.480 e. The highest BCUT2D eigenvalue weighted by Gasteiger charge is 2.27. The molecule has 5 heterocycles. The average Bonchev–Trinajstić information content (AvgIpc) is 3.62. The molecule has 1 atom stereocenters. The van der Waals surface area contributed by atoms with Crippen LogP contribution in [-0.4, -0.2) is 33.9 Å². The average molecular weight is 472 g/mol. The third kappa shape index (κ3) is 4.33. The molecular formula is C27H25N3O5. The van der Waals surface area contributed by atoms with Crippen molar-refractivity contribution in [2.75, 3.05) is 13.2 Å². The summed E-state index contributed by atoms with van der Waals surface area (Å²) in [5.41, 5.74) is 4.90. The summed E-state index contributed by atoms with van der Waals surface area (Å²) in [6.45, 7) is 1.78. The Morgan fingerprint density at radius 3 is 2.86 bits per heavy atom. The van der Waals surface area contributed by atoms with E-state index in [0.29, 0.717) is 24.6 Å². The lowest BCUT2D eigenvalue weighted by Gasteiger charge is -2.25. The molecule has 178 valence electrons. The number of hydrogen-bond donors (Lipinski definition) is 0. The van der Waals surface area contributed by atoms with Gasteiger partial charge in [-0.1, -0.05) is 30.3 Å². The van der Waals surface area contributed by atoms with Crippen LogP contribution >= 0.6 is 0 Å². The Labute approximate surface area is 202 Å². The molecule has 0 N–H and O–H groups in total. The van der Waals surface area contributed by atoms with Gasteiger partial charge in [-0.25, -0.2) is 9.78 Å². The van der Waals surface area contributed by atoms with Crippen molar-refractivity contribution in [2.45, 2.75) is 38.5 Å². The molecule has 4 aromatic rings. The van der Waals surface area contributed by atoms with Crippen LogP contribution in [0.25, 0.3) is 22.5 Å². The summed E-state index contributed by atoms with van der Waals surface area (Å²) in [5.74, 6) is 0.643. The summed E-state index contributed by atoms with van der Waals surface area (Å²) in [6, 6.07) is 15.7. The second-order valence-electron chi connectivity index (χ2n) is 8.70. The molecule has 2 aliphatic rings. The van der Waals surface area contributed by atoms with Gasteiger partial charge < -0.3 is 18.6 Å². The lowest BCUT2D eigenvalue weighted by Crippen LogP contribution is -2.30. The van der Waals surface area contributed by atoms with E-state index < -0.39 is 0 Å².